The Bertz CT molecular complexity index is 839. The second kappa shape index (κ2) is 9.36. The van der Waals surface area contributed by atoms with Crippen molar-refractivity contribution in [1.29, 1.82) is 0 Å². The summed E-state index contributed by atoms with van der Waals surface area (Å²) in [5, 5.41) is 2.70. The quantitative estimate of drug-likeness (QED) is 0.562. The number of carbonyl (C=O) groups is 2. The molecule has 2 aromatic carbocycles. The number of anilines is 1. The van der Waals surface area contributed by atoms with E-state index in [0.717, 1.165) is 4.90 Å². The number of fused-ring (bicyclic) bond motifs is 1. The summed E-state index contributed by atoms with van der Waals surface area (Å²) < 4.78 is 21.3. The van der Waals surface area contributed by atoms with Gasteiger partial charge in [-0.1, -0.05) is 0 Å². The van der Waals surface area contributed by atoms with E-state index in [4.69, 9.17) is 18.9 Å². The molecule has 0 saturated heterocycles. The largest absolute Gasteiger partial charge is 0.497 e. The maximum Gasteiger partial charge on any atom is 0.317 e. The van der Waals surface area contributed by atoms with Crippen molar-refractivity contribution >= 4 is 29.3 Å². The maximum absolute atomic E-state index is 12.2. The van der Waals surface area contributed by atoms with Crippen LogP contribution in [0.2, 0.25) is 0 Å². The van der Waals surface area contributed by atoms with Gasteiger partial charge in [-0.3, -0.25) is 9.59 Å². The Kier molecular flexibility index (Phi) is 6.65. The third-order valence-corrected chi connectivity index (χ3v) is 4.87. The highest BCUT2D eigenvalue weighted by molar-refractivity contribution is 8.00. The molecule has 1 aliphatic rings. The van der Waals surface area contributed by atoms with Crippen molar-refractivity contribution in [3.05, 3.63) is 42.5 Å². The molecule has 1 aliphatic heterocycles. The van der Waals surface area contributed by atoms with Crippen molar-refractivity contribution in [2.75, 3.05) is 31.4 Å². The summed E-state index contributed by atoms with van der Waals surface area (Å²) in [5.74, 6) is 1.26. The molecule has 0 radical (unpaired) electrons. The highest BCUT2D eigenvalue weighted by atomic mass is 32.2. The van der Waals surface area contributed by atoms with E-state index in [9.17, 15) is 9.59 Å². The molecule has 0 fully saturated rings. The normalized spacial score (nSPS) is 13.4. The first-order chi connectivity index (χ1) is 13.5. The zero-order valence-corrected chi connectivity index (χ0v) is 16.4. The Hall–Kier alpha value is -2.87. The zero-order chi connectivity index (χ0) is 19.9. The van der Waals surface area contributed by atoms with Crippen molar-refractivity contribution in [2.45, 2.75) is 17.9 Å². The first-order valence-electron chi connectivity index (χ1n) is 8.72. The number of hydrogen-bond acceptors (Lipinski definition) is 7. The van der Waals surface area contributed by atoms with Crippen LogP contribution in [0.1, 0.15) is 6.92 Å². The lowest BCUT2D eigenvalue weighted by atomic mass is 10.3. The van der Waals surface area contributed by atoms with Crippen LogP contribution in [0.4, 0.5) is 5.69 Å². The second-order valence-corrected chi connectivity index (χ2v) is 6.99. The predicted molar refractivity (Wildman–Crippen MR) is 105 cm³/mol. The fourth-order valence-electron chi connectivity index (χ4n) is 2.46. The van der Waals surface area contributed by atoms with Gasteiger partial charge < -0.3 is 24.3 Å². The number of nitrogens with one attached hydrogen (secondary N) is 1. The van der Waals surface area contributed by atoms with Crippen molar-refractivity contribution in [1.82, 2.24) is 0 Å². The number of thioether (sulfide) groups is 1. The molecule has 0 spiro atoms. The van der Waals surface area contributed by atoms with Gasteiger partial charge in [0.05, 0.1) is 12.9 Å². The van der Waals surface area contributed by atoms with E-state index in [0.29, 0.717) is 36.1 Å². The van der Waals surface area contributed by atoms with Crippen LogP contribution < -0.4 is 19.5 Å². The molecule has 0 unspecified atom stereocenters. The van der Waals surface area contributed by atoms with Crippen molar-refractivity contribution in [2.24, 2.45) is 0 Å². The van der Waals surface area contributed by atoms with Crippen LogP contribution >= 0.6 is 11.8 Å². The number of carbonyl (C=O) groups excluding carboxylic acids is 2. The van der Waals surface area contributed by atoms with E-state index < -0.39 is 18.0 Å². The van der Waals surface area contributed by atoms with E-state index in [1.54, 1.807) is 31.4 Å². The average Bonchev–Trinajstić information content (AvgIpc) is 2.72. The van der Waals surface area contributed by atoms with E-state index in [2.05, 4.69) is 5.32 Å². The molecule has 3 rings (SSSR count). The number of amides is 1. The Balaban J connectivity index is 1.46. The number of rotatable bonds is 7. The summed E-state index contributed by atoms with van der Waals surface area (Å²) in [7, 11) is 1.57. The molecule has 1 amide bonds. The summed E-state index contributed by atoms with van der Waals surface area (Å²) in [6, 6.07) is 12.4. The molecule has 2 aromatic rings. The van der Waals surface area contributed by atoms with Gasteiger partial charge in [-0.25, -0.2) is 0 Å². The smallest absolute Gasteiger partial charge is 0.317 e. The first-order valence-corrected chi connectivity index (χ1v) is 9.70. The minimum atomic E-state index is -0.907. The SMILES string of the molecule is COc1ccc(NC(=O)[C@@H](C)OC(=O)CSc2ccc3c(c2)OCCO3)cc1. The lowest BCUT2D eigenvalue weighted by Gasteiger charge is -2.18. The molecule has 148 valence electrons. The predicted octanol–water partition coefficient (Wildman–Crippen LogP) is 3.13. The standard InChI is InChI=1S/C20H21NO6S/c1-13(20(23)21-14-3-5-15(24-2)6-4-14)27-19(22)12-28-16-7-8-17-18(11-16)26-10-9-25-17/h3-8,11,13H,9-10,12H2,1-2H3,(H,21,23)/t13-/m1/s1. The third kappa shape index (κ3) is 5.32. The Morgan fingerprint density at radius 3 is 2.54 bits per heavy atom. The number of methoxy groups -OCH3 is 1. The van der Waals surface area contributed by atoms with Gasteiger partial charge in [0.15, 0.2) is 17.6 Å². The van der Waals surface area contributed by atoms with E-state index >= 15 is 0 Å². The van der Waals surface area contributed by atoms with Crippen LogP contribution in [-0.2, 0) is 14.3 Å². The van der Waals surface area contributed by atoms with Gasteiger partial charge >= 0.3 is 5.97 Å². The van der Waals surface area contributed by atoms with Crippen LogP contribution in [-0.4, -0.2) is 44.1 Å². The molecule has 0 saturated carbocycles. The van der Waals surface area contributed by atoms with Gasteiger partial charge in [0.1, 0.15) is 19.0 Å². The van der Waals surface area contributed by atoms with Gasteiger partial charge in [-0.05, 0) is 49.4 Å². The average molecular weight is 403 g/mol. The monoisotopic (exact) mass is 403 g/mol. The van der Waals surface area contributed by atoms with Crippen LogP contribution in [0.25, 0.3) is 0 Å². The molecular weight excluding hydrogens is 382 g/mol. The van der Waals surface area contributed by atoms with Crippen LogP contribution in [0, 0.1) is 0 Å². The van der Waals surface area contributed by atoms with Gasteiger partial charge in [0, 0.05) is 10.6 Å². The lowest BCUT2D eigenvalue weighted by molar-refractivity contribution is -0.150. The highest BCUT2D eigenvalue weighted by Crippen LogP contribution is 2.34. The molecule has 0 aromatic heterocycles. The van der Waals surface area contributed by atoms with E-state index in [1.807, 2.05) is 18.2 Å². The molecule has 1 heterocycles. The van der Waals surface area contributed by atoms with Crippen molar-refractivity contribution < 1.29 is 28.5 Å². The minimum absolute atomic E-state index is 0.0831. The van der Waals surface area contributed by atoms with Crippen LogP contribution in [0.5, 0.6) is 17.2 Å². The highest BCUT2D eigenvalue weighted by Gasteiger charge is 2.19. The molecule has 1 atom stereocenters. The van der Waals surface area contributed by atoms with E-state index in [-0.39, 0.29) is 5.75 Å². The summed E-state index contributed by atoms with van der Waals surface area (Å²) in [6.07, 6.45) is -0.907. The number of benzene rings is 2. The Morgan fingerprint density at radius 2 is 1.82 bits per heavy atom. The summed E-state index contributed by atoms with van der Waals surface area (Å²) in [5.41, 5.74) is 0.597. The van der Waals surface area contributed by atoms with Crippen LogP contribution in [0.3, 0.4) is 0 Å². The maximum atomic E-state index is 12.2. The fraction of sp³-hybridized carbons (Fsp3) is 0.300. The second-order valence-electron chi connectivity index (χ2n) is 5.94. The Labute approximate surface area is 167 Å². The van der Waals surface area contributed by atoms with Gasteiger partial charge in [-0.15, -0.1) is 11.8 Å². The van der Waals surface area contributed by atoms with Gasteiger partial charge in [0.25, 0.3) is 5.91 Å². The molecule has 0 aliphatic carbocycles. The molecule has 8 heteroatoms. The summed E-state index contributed by atoms with van der Waals surface area (Å²) in [6.45, 7) is 2.57. The molecule has 1 N–H and O–H groups in total. The Morgan fingerprint density at radius 1 is 1.11 bits per heavy atom. The molecule has 7 nitrogen and oxygen atoms in total. The first kappa shape index (κ1) is 19.9. The van der Waals surface area contributed by atoms with Crippen LogP contribution in [0.15, 0.2) is 47.4 Å². The van der Waals surface area contributed by atoms with Crippen molar-refractivity contribution in [3.63, 3.8) is 0 Å². The van der Waals surface area contributed by atoms with Gasteiger partial charge in [-0.2, -0.15) is 0 Å². The molecular formula is C20H21NO6S. The van der Waals surface area contributed by atoms with E-state index in [1.165, 1.54) is 18.7 Å². The zero-order valence-electron chi connectivity index (χ0n) is 15.6. The number of hydrogen-bond donors (Lipinski definition) is 1. The van der Waals surface area contributed by atoms with Crippen molar-refractivity contribution in [3.8, 4) is 17.2 Å². The third-order valence-electron chi connectivity index (χ3n) is 3.91. The fourth-order valence-corrected chi connectivity index (χ4v) is 3.17. The number of ether oxygens (including phenoxy) is 4. The summed E-state index contributed by atoms with van der Waals surface area (Å²) in [4.78, 5) is 25.1. The topological polar surface area (TPSA) is 83.1 Å². The number of esters is 1. The summed E-state index contributed by atoms with van der Waals surface area (Å²) >= 11 is 1.31. The molecule has 0 bridgehead atoms. The molecule has 28 heavy (non-hydrogen) atoms. The van der Waals surface area contributed by atoms with Gasteiger partial charge in [0.2, 0.25) is 0 Å². The lowest BCUT2D eigenvalue weighted by Crippen LogP contribution is -2.30. The minimum Gasteiger partial charge on any atom is -0.497 e.